The van der Waals surface area contributed by atoms with Crippen molar-refractivity contribution < 1.29 is 9.59 Å². The third kappa shape index (κ3) is 6.00. The molecule has 0 saturated carbocycles. The molecule has 0 unspecified atom stereocenters. The number of hydrogen-bond acceptors (Lipinski definition) is 3. The fraction of sp³-hybridized carbons (Fsp3) is 0.846. The third-order valence-electron chi connectivity index (χ3n) is 2.52. The highest BCUT2D eigenvalue weighted by Gasteiger charge is 2.33. The standard InChI is InChI=1S/C13H27N3O2/c1-12(2,3)10(17)15-13(4,5)11(18)14-8-9-16(6)7/h8-9H2,1-7H3,(H,14,18)(H,15,17). The van der Waals surface area contributed by atoms with E-state index in [1.54, 1.807) is 13.8 Å². The molecule has 0 rings (SSSR count). The largest absolute Gasteiger partial charge is 0.353 e. The molecule has 0 fully saturated rings. The van der Waals surface area contributed by atoms with Gasteiger partial charge in [0, 0.05) is 18.5 Å². The second kappa shape index (κ2) is 6.18. The monoisotopic (exact) mass is 257 g/mol. The molecule has 5 heteroatoms. The minimum Gasteiger partial charge on any atom is -0.353 e. The lowest BCUT2D eigenvalue weighted by molar-refractivity contribution is -0.136. The van der Waals surface area contributed by atoms with E-state index in [-0.39, 0.29) is 11.8 Å². The summed E-state index contributed by atoms with van der Waals surface area (Å²) in [6, 6.07) is 0. The maximum absolute atomic E-state index is 12.0. The van der Waals surface area contributed by atoms with Crippen LogP contribution in [0, 0.1) is 5.41 Å². The number of nitrogens with zero attached hydrogens (tertiary/aromatic N) is 1. The van der Waals surface area contributed by atoms with Crippen LogP contribution in [0.2, 0.25) is 0 Å². The number of likely N-dealkylation sites (N-methyl/N-ethyl adjacent to an activating group) is 1. The molecular weight excluding hydrogens is 230 g/mol. The second-order valence-electron chi connectivity index (χ2n) is 6.39. The van der Waals surface area contributed by atoms with E-state index in [1.165, 1.54) is 0 Å². The molecule has 0 aliphatic rings. The van der Waals surface area contributed by atoms with E-state index >= 15 is 0 Å². The molecule has 2 N–H and O–H groups in total. The van der Waals surface area contributed by atoms with Crippen molar-refractivity contribution >= 4 is 11.8 Å². The lowest BCUT2D eigenvalue weighted by Gasteiger charge is -2.29. The number of carbonyl (C=O) groups is 2. The van der Waals surface area contributed by atoms with Gasteiger partial charge in [-0.05, 0) is 27.9 Å². The molecule has 0 heterocycles. The molecule has 2 amide bonds. The number of hydrogen-bond donors (Lipinski definition) is 2. The van der Waals surface area contributed by atoms with Gasteiger partial charge in [-0.1, -0.05) is 20.8 Å². The fourth-order valence-corrected chi connectivity index (χ4v) is 1.14. The first-order valence-electron chi connectivity index (χ1n) is 6.22. The van der Waals surface area contributed by atoms with Crippen molar-refractivity contribution in [2.75, 3.05) is 27.2 Å². The Labute approximate surface area is 110 Å². The average Bonchev–Trinajstić information content (AvgIpc) is 2.14. The Hall–Kier alpha value is -1.10. The van der Waals surface area contributed by atoms with Gasteiger partial charge in [-0.2, -0.15) is 0 Å². The SMILES string of the molecule is CN(C)CCNC(=O)C(C)(C)NC(=O)C(C)(C)C. The second-order valence-corrected chi connectivity index (χ2v) is 6.39. The molecule has 0 aromatic heterocycles. The number of amides is 2. The van der Waals surface area contributed by atoms with Crippen molar-refractivity contribution in [2.45, 2.75) is 40.2 Å². The zero-order valence-corrected chi connectivity index (χ0v) is 12.7. The van der Waals surface area contributed by atoms with Crippen molar-refractivity contribution in [1.29, 1.82) is 0 Å². The number of carbonyl (C=O) groups excluding carboxylic acids is 2. The Morgan fingerprint density at radius 3 is 1.89 bits per heavy atom. The molecule has 0 aromatic rings. The van der Waals surface area contributed by atoms with Crippen LogP contribution in [0.1, 0.15) is 34.6 Å². The van der Waals surface area contributed by atoms with E-state index in [1.807, 2.05) is 39.8 Å². The highest BCUT2D eigenvalue weighted by molar-refractivity contribution is 5.92. The van der Waals surface area contributed by atoms with Crippen LogP contribution < -0.4 is 10.6 Å². The van der Waals surface area contributed by atoms with E-state index in [2.05, 4.69) is 10.6 Å². The van der Waals surface area contributed by atoms with Crippen LogP contribution in [0.3, 0.4) is 0 Å². The molecule has 0 atom stereocenters. The summed E-state index contributed by atoms with van der Waals surface area (Å²) < 4.78 is 0. The van der Waals surface area contributed by atoms with Gasteiger partial charge in [0.25, 0.3) is 0 Å². The summed E-state index contributed by atoms with van der Waals surface area (Å²) in [5.74, 6) is -0.294. The first kappa shape index (κ1) is 16.9. The van der Waals surface area contributed by atoms with Gasteiger partial charge >= 0.3 is 0 Å². The van der Waals surface area contributed by atoms with Crippen molar-refractivity contribution in [3.63, 3.8) is 0 Å². The van der Waals surface area contributed by atoms with Crippen LogP contribution in [0.5, 0.6) is 0 Å². The average molecular weight is 257 g/mol. The topological polar surface area (TPSA) is 61.4 Å². The lowest BCUT2D eigenvalue weighted by Crippen LogP contribution is -2.57. The summed E-state index contributed by atoms with van der Waals surface area (Å²) in [5, 5.41) is 5.59. The molecule has 0 saturated heterocycles. The maximum Gasteiger partial charge on any atom is 0.245 e. The molecule has 18 heavy (non-hydrogen) atoms. The zero-order valence-electron chi connectivity index (χ0n) is 12.7. The summed E-state index contributed by atoms with van der Waals surface area (Å²) >= 11 is 0. The molecule has 0 aromatic carbocycles. The van der Waals surface area contributed by atoms with E-state index in [0.29, 0.717) is 6.54 Å². The smallest absolute Gasteiger partial charge is 0.245 e. The lowest BCUT2D eigenvalue weighted by atomic mass is 9.93. The molecule has 0 bridgehead atoms. The summed E-state index contributed by atoms with van der Waals surface area (Å²) in [7, 11) is 3.89. The van der Waals surface area contributed by atoms with Gasteiger partial charge in [0.1, 0.15) is 5.54 Å². The summed E-state index contributed by atoms with van der Waals surface area (Å²) in [6.07, 6.45) is 0. The Kier molecular flexibility index (Phi) is 5.80. The third-order valence-corrected chi connectivity index (χ3v) is 2.52. The summed E-state index contributed by atoms with van der Waals surface area (Å²) in [4.78, 5) is 25.8. The van der Waals surface area contributed by atoms with Crippen LogP contribution in [-0.4, -0.2) is 49.4 Å². The minimum atomic E-state index is -0.892. The first-order valence-corrected chi connectivity index (χ1v) is 6.22. The maximum atomic E-state index is 12.0. The first-order chi connectivity index (χ1) is 7.97. The fourth-order valence-electron chi connectivity index (χ4n) is 1.14. The predicted molar refractivity (Wildman–Crippen MR) is 73.2 cm³/mol. The molecule has 0 radical (unpaired) electrons. The van der Waals surface area contributed by atoms with Gasteiger partial charge in [0.05, 0.1) is 0 Å². The Morgan fingerprint density at radius 2 is 1.50 bits per heavy atom. The van der Waals surface area contributed by atoms with Crippen molar-refractivity contribution in [3.05, 3.63) is 0 Å². The number of rotatable bonds is 5. The predicted octanol–water partition coefficient (Wildman–Crippen LogP) is 0.605. The van der Waals surface area contributed by atoms with E-state index in [0.717, 1.165) is 6.54 Å². The molecule has 106 valence electrons. The van der Waals surface area contributed by atoms with Gasteiger partial charge in [0.2, 0.25) is 11.8 Å². The van der Waals surface area contributed by atoms with Crippen molar-refractivity contribution in [3.8, 4) is 0 Å². The Balaban J connectivity index is 4.36. The molecule has 5 nitrogen and oxygen atoms in total. The van der Waals surface area contributed by atoms with Gasteiger partial charge in [-0.15, -0.1) is 0 Å². The van der Waals surface area contributed by atoms with Crippen LogP contribution in [0.4, 0.5) is 0 Å². The van der Waals surface area contributed by atoms with Crippen LogP contribution in [-0.2, 0) is 9.59 Å². The van der Waals surface area contributed by atoms with Crippen molar-refractivity contribution in [2.24, 2.45) is 5.41 Å². The van der Waals surface area contributed by atoms with Crippen LogP contribution in [0.15, 0.2) is 0 Å². The van der Waals surface area contributed by atoms with Gasteiger partial charge in [-0.3, -0.25) is 9.59 Å². The Morgan fingerprint density at radius 1 is 1.00 bits per heavy atom. The Bertz CT molecular complexity index is 304. The molecule has 0 aliphatic carbocycles. The highest BCUT2D eigenvalue weighted by Crippen LogP contribution is 2.15. The quantitative estimate of drug-likeness (QED) is 0.758. The van der Waals surface area contributed by atoms with E-state index in [4.69, 9.17) is 0 Å². The zero-order chi connectivity index (χ0) is 14.6. The minimum absolute atomic E-state index is 0.129. The van der Waals surface area contributed by atoms with Gasteiger partial charge in [-0.25, -0.2) is 0 Å². The van der Waals surface area contributed by atoms with Gasteiger partial charge < -0.3 is 15.5 Å². The van der Waals surface area contributed by atoms with E-state index in [9.17, 15) is 9.59 Å². The molecule has 0 aliphatic heterocycles. The molecule has 0 spiro atoms. The van der Waals surface area contributed by atoms with Crippen LogP contribution in [0.25, 0.3) is 0 Å². The summed E-state index contributed by atoms with van der Waals surface area (Å²) in [6.45, 7) is 10.2. The van der Waals surface area contributed by atoms with Gasteiger partial charge in [0.15, 0.2) is 0 Å². The number of nitrogens with one attached hydrogen (secondary N) is 2. The summed E-state index contributed by atoms with van der Waals surface area (Å²) in [5.41, 5.74) is -1.39. The molecular formula is C13H27N3O2. The normalized spacial score (nSPS) is 12.4. The highest BCUT2D eigenvalue weighted by atomic mass is 16.2. The van der Waals surface area contributed by atoms with Crippen molar-refractivity contribution in [1.82, 2.24) is 15.5 Å². The van der Waals surface area contributed by atoms with E-state index < -0.39 is 11.0 Å². The van der Waals surface area contributed by atoms with Crippen LogP contribution >= 0.6 is 0 Å².